The molecule has 1 fully saturated rings. The lowest BCUT2D eigenvalue weighted by molar-refractivity contribution is -0.136. The van der Waals surface area contributed by atoms with E-state index in [0.717, 1.165) is 12.8 Å². The molecule has 1 amide bonds. The number of carbonyl (C=O) groups excluding carboxylic acids is 1. The Labute approximate surface area is 105 Å². The summed E-state index contributed by atoms with van der Waals surface area (Å²) in [4.78, 5) is 14.2. The highest BCUT2D eigenvalue weighted by molar-refractivity contribution is 5.77. The Hall–Kier alpha value is -0.570. The van der Waals surface area contributed by atoms with E-state index >= 15 is 0 Å². The van der Waals surface area contributed by atoms with Crippen molar-refractivity contribution in [1.29, 1.82) is 0 Å². The van der Waals surface area contributed by atoms with Crippen LogP contribution < -0.4 is 0 Å². The quantitative estimate of drug-likeness (QED) is 0.822. The molecule has 0 saturated heterocycles. The molecule has 0 aromatic heterocycles. The molecular formula is C14H27NO2. The highest BCUT2D eigenvalue weighted by atomic mass is 16.3. The molecule has 1 aliphatic carbocycles. The number of aliphatic hydroxyl groups is 1. The van der Waals surface area contributed by atoms with Gasteiger partial charge in [-0.2, -0.15) is 0 Å². The average Bonchev–Trinajstić information content (AvgIpc) is 2.24. The van der Waals surface area contributed by atoms with Gasteiger partial charge in [-0.3, -0.25) is 4.79 Å². The van der Waals surface area contributed by atoms with Crippen molar-refractivity contribution >= 4 is 5.91 Å². The molecule has 0 atom stereocenters. The first-order valence-corrected chi connectivity index (χ1v) is 6.84. The lowest BCUT2D eigenvalue weighted by atomic mass is 9.89. The molecular weight excluding hydrogens is 214 g/mol. The number of amides is 1. The third-order valence-electron chi connectivity index (χ3n) is 3.36. The van der Waals surface area contributed by atoms with Crippen molar-refractivity contribution in [3.63, 3.8) is 0 Å². The Morgan fingerprint density at radius 1 is 1.24 bits per heavy atom. The largest absolute Gasteiger partial charge is 0.395 e. The van der Waals surface area contributed by atoms with Crippen LogP contribution in [-0.2, 0) is 4.79 Å². The zero-order valence-corrected chi connectivity index (χ0v) is 11.5. The predicted octanol–water partition coefficient (Wildman–Crippen LogP) is 2.58. The van der Waals surface area contributed by atoms with Crippen molar-refractivity contribution in [1.82, 2.24) is 4.90 Å². The third-order valence-corrected chi connectivity index (χ3v) is 3.36. The van der Waals surface area contributed by atoms with Gasteiger partial charge in [0, 0.05) is 19.0 Å². The molecule has 0 unspecified atom stereocenters. The maximum absolute atomic E-state index is 12.3. The summed E-state index contributed by atoms with van der Waals surface area (Å²) in [7, 11) is 0. The van der Waals surface area contributed by atoms with E-state index in [1.807, 2.05) is 4.90 Å². The number of aliphatic hydroxyl groups excluding tert-OH is 1. The molecule has 0 heterocycles. The second kappa shape index (κ2) is 6.39. The maximum Gasteiger partial charge on any atom is 0.223 e. The van der Waals surface area contributed by atoms with Crippen LogP contribution in [0.4, 0.5) is 0 Å². The summed E-state index contributed by atoms with van der Waals surface area (Å²) in [6, 6.07) is 0.366. The summed E-state index contributed by atoms with van der Waals surface area (Å²) in [6.45, 7) is 6.83. The van der Waals surface area contributed by atoms with E-state index in [2.05, 4.69) is 20.8 Å². The van der Waals surface area contributed by atoms with Crippen LogP contribution in [0.3, 0.4) is 0 Å². The van der Waals surface area contributed by atoms with Gasteiger partial charge in [0.15, 0.2) is 0 Å². The smallest absolute Gasteiger partial charge is 0.223 e. The molecule has 0 radical (unpaired) electrons. The van der Waals surface area contributed by atoms with Crippen LogP contribution in [0.1, 0.15) is 59.3 Å². The molecule has 0 aromatic rings. The fourth-order valence-electron chi connectivity index (χ4n) is 2.57. The topological polar surface area (TPSA) is 40.5 Å². The van der Waals surface area contributed by atoms with Crippen LogP contribution in [0.2, 0.25) is 0 Å². The van der Waals surface area contributed by atoms with Gasteiger partial charge in [-0.1, -0.05) is 40.0 Å². The Morgan fingerprint density at radius 3 is 2.29 bits per heavy atom. The van der Waals surface area contributed by atoms with E-state index in [4.69, 9.17) is 5.11 Å². The molecule has 1 rings (SSSR count). The van der Waals surface area contributed by atoms with Crippen molar-refractivity contribution in [2.75, 3.05) is 13.2 Å². The molecule has 1 N–H and O–H groups in total. The highest BCUT2D eigenvalue weighted by Gasteiger charge is 2.27. The minimum atomic E-state index is 0.0272. The Balaban J connectivity index is 2.60. The molecule has 3 nitrogen and oxygen atoms in total. The summed E-state index contributed by atoms with van der Waals surface area (Å²) in [5.41, 5.74) is 0.0272. The van der Waals surface area contributed by atoms with Crippen molar-refractivity contribution in [3.05, 3.63) is 0 Å². The van der Waals surface area contributed by atoms with Gasteiger partial charge in [0.1, 0.15) is 0 Å². The van der Waals surface area contributed by atoms with E-state index in [1.54, 1.807) is 0 Å². The molecule has 1 saturated carbocycles. The van der Waals surface area contributed by atoms with E-state index in [-0.39, 0.29) is 17.9 Å². The molecule has 0 aliphatic heterocycles. The van der Waals surface area contributed by atoms with E-state index in [9.17, 15) is 4.79 Å². The van der Waals surface area contributed by atoms with Crippen LogP contribution in [0.25, 0.3) is 0 Å². The number of hydrogen-bond donors (Lipinski definition) is 1. The SMILES string of the molecule is CC(C)(C)CC(=O)N(CCO)C1CCCCC1. The van der Waals surface area contributed by atoms with Gasteiger partial charge in [0.2, 0.25) is 5.91 Å². The normalized spacial score (nSPS) is 18.1. The molecule has 0 aromatic carbocycles. The number of nitrogens with zero attached hydrogens (tertiary/aromatic N) is 1. The molecule has 100 valence electrons. The molecule has 0 bridgehead atoms. The summed E-state index contributed by atoms with van der Waals surface area (Å²) < 4.78 is 0. The van der Waals surface area contributed by atoms with Gasteiger partial charge in [-0.15, -0.1) is 0 Å². The first-order valence-electron chi connectivity index (χ1n) is 6.84. The third kappa shape index (κ3) is 5.07. The minimum absolute atomic E-state index is 0.0272. The van der Waals surface area contributed by atoms with E-state index < -0.39 is 0 Å². The standard InChI is InChI=1S/C14H27NO2/c1-14(2,3)11-13(17)15(9-10-16)12-7-5-4-6-8-12/h12,16H,4-11H2,1-3H3. The number of carbonyl (C=O) groups is 1. The Kier molecular flexibility index (Phi) is 5.44. The van der Waals surface area contributed by atoms with Gasteiger partial charge in [0.05, 0.1) is 6.61 Å². The molecule has 17 heavy (non-hydrogen) atoms. The van der Waals surface area contributed by atoms with Gasteiger partial charge < -0.3 is 10.0 Å². The van der Waals surface area contributed by atoms with Gasteiger partial charge in [-0.05, 0) is 18.3 Å². The van der Waals surface area contributed by atoms with Crippen LogP contribution in [-0.4, -0.2) is 35.1 Å². The van der Waals surface area contributed by atoms with Crippen LogP contribution in [0.5, 0.6) is 0 Å². The van der Waals surface area contributed by atoms with Gasteiger partial charge in [-0.25, -0.2) is 0 Å². The second-order valence-corrected chi connectivity index (χ2v) is 6.34. The first kappa shape index (κ1) is 14.5. The predicted molar refractivity (Wildman–Crippen MR) is 69.7 cm³/mol. The molecule has 1 aliphatic rings. The van der Waals surface area contributed by atoms with Crippen molar-refractivity contribution in [2.45, 2.75) is 65.3 Å². The second-order valence-electron chi connectivity index (χ2n) is 6.34. The zero-order chi connectivity index (χ0) is 12.9. The highest BCUT2D eigenvalue weighted by Crippen LogP contribution is 2.26. The summed E-state index contributed by atoms with van der Waals surface area (Å²) in [6.07, 6.45) is 6.51. The summed E-state index contributed by atoms with van der Waals surface area (Å²) in [5, 5.41) is 9.12. The Morgan fingerprint density at radius 2 is 1.82 bits per heavy atom. The fraction of sp³-hybridized carbons (Fsp3) is 0.929. The summed E-state index contributed by atoms with van der Waals surface area (Å²) in [5.74, 6) is 0.207. The monoisotopic (exact) mass is 241 g/mol. The van der Waals surface area contributed by atoms with Gasteiger partial charge in [0.25, 0.3) is 0 Å². The van der Waals surface area contributed by atoms with Crippen molar-refractivity contribution < 1.29 is 9.90 Å². The van der Waals surface area contributed by atoms with E-state index in [0.29, 0.717) is 19.0 Å². The minimum Gasteiger partial charge on any atom is -0.395 e. The molecule has 0 spiro atoms. The molecule has 3 heteroatoms. The lowest BCUT2D eigenvalue weighted by Crippen LogP contribution is -2.44. The first-order chi connectivity index (χ1) is 7.94. The van der Waals surface area contributed by atoms with Crippen molar-refractivity contribution in [2.24, 2.45) is 5.41 Å². The Bertz CT molecular complexity index is 239. The lowest BCUT2D eigenvalue weighted by Gasteiger charge is -2.35. The van der Waals surface area contributed by atoms with Crippen LogP contribution in [0.15, 0.2) is 0 Å². The zero-order valence-electron chi connectivity index (χ0n) is 11.5. The van der Waals surface area contributed by atoms with Gasteiger partial charge >= 0.3 is 0 Å². The number of rotatable bonds is 4. The van der Waals surface area contributed by atoms with Crippen LogP contribution >= 0.6 is 0 Å². The summed E-state index contributed by atoms with van der Waals surface area (Å²) >= 11 is 0. The van der Waals surface area contributed by atoms with Crippen molar-refractivity contribution in [3.8, 4) is 0 Å². The maximum atomic E-state index is 12.3. The van der Waals surface area contributed by atoms with E-state index in [1.165, 1.54) is 19.3 Å². The van der Waals surface area contributed by atoms with Crippen LogP contribution in [0, 0.1) is 5.41 Å². The number of hydrogen-bond acceptors (Lipinski definition) is 2. The average molecular weight is 241 g/mol. The fourth-order valence-corrected chi connectivity index (χ4v) is 2.57.